The Bertz CT molecular complexity index is 384. The Balaban J connectivity index is 3.06. The van der Waals surface area contributed by atoms with Crippen LogP contribution in [-0.4, -0.2) is 20.2 Å². The van der Waals surface area contributed by atoms with Crippen LogP contribution in [0.4, 0.5) is 0 Å². The van der Waals surface area contributed by atoms with Gasteiger partial charge < -0.3 is 9.47 Å². The number of carbonyl (C=O) groups excluding carboxylic acids is 1. The Morgan fingerprint density at radius 3 is 2.18 bits per heavy atom. The summed E-state index contributed by atoms with van der Waals surface area (Å²) in [6.45, 7) is 3.59. The maximum atomic E-state index is 11.7. The maximum Gasteiger partial charge on any atom is 0.314 e. The molecule has 0 radical (unpaired) electrons. The molecule has 0 fully saturated rings. The van der Waals surface area contributed by atoms with Crippen LogP contribution in [0.2, 0.25) is 5.02 Å². The fourth-order valence-corrected chi connectivity index (χ4v) is 1.98. The van der Waals surface area contributed by atoms with Crippen LogP contribution in [0.15, 0.2) is 24.3 Å². The van der Waals surface area contributed by atoms with Crippen molar-refractivity contribution in [3.05, 3.63) is 34.9 Å². The van der Waals surface area contributed by atoms with Gasteiger partial charge in [0.05, 0.1) is 18.6 Å². The first-order chi connectivity index (χ1) is 7.93. The Morgan fingerprint density at radius 2 is 1.76 bits per heavy atom. The highest BCUT2D eigenvalue weighted by Gasteiger charge is 2.39. The van der Waals surface area contributed by atoms with Crippen LogP contribution in [0, 0.1) is 5.41 Å². The summed E-state index contributed by atoms with van der Waals surface area (Å²) < 4.78 is 10.2. The number of ether oxygens (including phenoxy) is 2. The lowest BCUT2D eigenvalue weighted by Crippen LogP contribution is -2.33. The first-order valence-corrected chi connectivity index (χ1v) is 5.68. The average Bonchev–Trinajstić information content (AvgIpc) is 2.31. The normalized spacial score (nSPS) is 13.2. The summed E-state index contributed by atoms with van der Waals surface area (Å²) >= 11 is 5.83. The molecule has 4 heteroatoms. The van der Waals surface area contributed by atoms with Crippen molar-refractivity contribution in [3.63, 3.8) is 0 Å². The van der Waals surface area contributed by atoms with E-state index < -0.39 is 5.41 Å². The minimum atomic E-state index is -0.753. The first kappa shape index (κ1) is 14.0. The molecule has 1 aromatic carbocycles. The van der Waals surface area contributed by atoms with Crippen molar-refractivity contribution in [2.75, 3.05) is 14.2 Å². The van der Waals surface area contributed by atoms with E-state index in [2.05, 4.69) is 0 Å². The quantitative estimate of drug-likeness (QED) is 0.776. The topological polar surface area (TPSA) is 35.5 Å². The summed E-state index contributed by atoms with van der Waals surface area (Å²) in [6.07, 6.45) is -0.368. The molecular formula is C13H17ClO3. The van der Waals surface area contributed by atoms with Crippen molar-refractivity contribution in [2.45, 2.75) is 20.0 Å². The third kappa shape index (κ3) is 2.99. The number of hydrogen-bond donors (Lipinski definition) is 0. The number of hydrogen-bond acceptors (Lipinski definition) is 3. The highest BCUT2D eigenvalue weighted by Crippen LogP contribution is 2.37. The third-order valence-corrected chi connectivity index (χ3v) is 3.03. The predicted octanol–water partition coefficient (Wildman–Crippen LogP) is 3.23. The molecule has 1 atom stereocenters. The van der Waals surface area contributed by atoms with E-state index in [0.717, 1.165) is 5.56 Å². The van der Waals surface area contributed by atoms with Crippen LogP contribution in [0.25, 0.3) is 0 Å². The molecule has 0 bridgehead atoms. The van der Waals surface area contributed by atoms with Gasteiger partial charge in [-0.25, -0.2) is 0 Å². The molecular weight excluding hydrogens is 240 g/mol. The molecule has 17 heavy (non-hydrogen) atoms. The number of rotatable bonds is 4. The summed E-state index contributed by atoms with van der Waals surface area (Å²) in [6, 6.07) is 7.24. The summed E-state index contributed by atoms with van der Waals surface area (Å²) in [5.41, 5.74) is 0.143. The summed E-state index contributed by atoms with van der Waals surface area (Å²) in [7, 11) is 2.95. The summed E-state index contributed by atoms with van der Waals surface area (Å²) in [4.78, 5) is 11.7. The molecule has 0 aliphatic carbocycles. The van der Waals surface area contributed by atoms with Gasteiger partial charge in [-0.05, 0) is 31.5 Å². The number of esters is 1. The highest BCUT2D eigenvalue weighted by atomic mass is 35.5. The molecule has 0 amide bonds. The lowest BCUT2D eigenvalue weighted by molar-refractivity contribution is -0.159. The largest absolute Gasteiger partial charge is 0.469 e. The fourth-order valence-electron chi connectivity index (χ4n) is 1.86. The molecule has 0 saturated carbocycles. The van der Waals surface area contributed by atoms with Crippen LogP contribution in [0.1, 0.15) is 25.5 Å². The molecule has 1 unspecified atom stereocenters. The van der Waals surface area contributed by atoms with Gasteiger partial charge in [0.1, 0.15) is 0 Å². The number of methoxy groups -OCH3 is 2. The monoisotopic (exact) mass is 256 g/mol. The van der Waals surface area contributed by atoms with Crippen molar-refractivity contribution in [3.8, 4) is 0 Å². The van der Waals surface area contributed by atoms with Crippen LogP contribution >= 0.6 is 11.6 Å². The molecule has 0 aliphatic heterocycles. The van der Waals surface area contributed by atoms with E-state index in [9.17, 15) is 4.79 Å². The molecule has 3 nitrogen and oxygen atoms in total. The van der Waals surface area contributed by atoms with Gasteiger partial charge in [-0.3, -0.25) is 4.79 Å². The molecule has 0 heterocycles. The first-order valence-electron chi connectivity index (χ1n) is 5.30. The molecule has 1 aromatic rings. The van der Waals surface area contributed by atoms with Crippen molar-refractivity contribution in [2.24, 2.45) is 5.41 Å². The van der Waals surface area contributed by atoms with Crippen molar-refractivity contribution >= 4 is 17.6 Å². The fraction of sp³-hybridized carbons (Fsp3) is 0.462. The zero-order valence-electron chi connectivity index (χ0n) is 10.5. The molecule has 0 aromatic heterocycles. The molecule has 0 spiro atoms. The van der Waals surface area contributed by atoms with Crippen LogP contribution < -0.4 is 0 Å². The molecule has 0 N–H and O–H groups in total. The van der Waals surface area contributed by atoms with Gasteiger partial charge in [0.25, 0.3) is 0 Å². The Labute approximate surface area is 107 Å². The van der Waals surface area contributed by atoms with Crippen molar-refractivity contribution < 1.29 is 14.3 Å². The van der Waals surface area contributed by atoms with Gasteiger partial charge >= 0.3 is 5.97 Å². The average molecular weight is 257 g/mol. The smallest absolute Gasteiger partial charge is 0.314 e. The minimum Gasteiger partial charge on any atom is -0.469 e. The van der Waals surface area contributed by atoms with E-state index in [1.807, 2.05) is 12.1 Å². The zero-order chi connectivity index (χ0) is 13.1. The summed E-state index contributed by atoms with van der Waals surface area (Å²) in [5, 5.41) is 0.652. The Hall–Kier alpha value is -1.06. The maximum absolute atomic E-state index is 11.7. The van der Waals surface area contributed by atoms with E-state index in [1.165, 1.54) is 7.11 Å². The lowest BCUT2D eigenvalue weighted by Gasteiger charge is -2.30. The van der Waals surface area contributed by atoms with Gasteiger partial charge in [-0.2, -0.15) is 0 Å². The molecule has 1 rings (SSSR count). The van der Waals surface area contributed by atoms with Crippen molar-refractivity contribution in [1.82, 2.24) is 0 Å². The molecule has 94 valence electrons. The second kappa shape index (κ2) is 5.52. The van der Waals surface area contributed by atoms with E-state index in [1.54, 1.807) is 33.1 Å². The van der Waals surface area contributed by atoms with Crippen LogP contribution in [0.3, 0.4) is 0 Å². The van der Waals surface area contributed by atoms with Gasteiger partial charge in [0.2, 0.25) is 0 Å². The standard InChI is InChI=1S/C13H17ClO3/c1-13(2,12(15)17-4)11(16-3)9-5-7-10(14)8-6-9/h5-8,11H,1-4H3. The lowest BCUT2D eigenvalue weighted by atomic mass is 9.82. The highest BCUT2D eigenvalue weighted by molar-refractivity contribution is 6.30. The van der Waals surface area contributed by atoms with Crippen molar-refractivity contribution in [1.29, 1.82) is 0 Å². The molecule has 0 saturated heterocycles. The van der Waals surface area contributed by atoms with Gasteiger partial charge in [-0.1, -0.05) is 23.7 Å². The van der Waals surface area contributed by atoms with E-state index in [-0.39, 0.29) is 12.1 Å². The number of halogens is 1. The third-order valence-electron chi connectivity index (χ3n) is 2.78. The van der Waals surface area contributed by atoms with Gasteiger partial charge in [-0.15, -0.1) is 0 Å². The van der Waals surface area contributed by atoms with E-state index >= 15 is 0 Å². The second-order valence-electron chi connectivity index (χ2n) is 4.38. The zero-order valence-corrected chi connectivity index (χ0v) is 11.2. The predicted molar refractivity (Wildman–Crippen MR) is 67.0 cm³/mol. The number of benzene rings is 1. The van der Waals surface area contributed by atoms with Crippen LogP contribution in [-0.2, 0) is 14.3 Å². The van der Waals surface area contributed by atoms with Gasteiger partial charge in [0, 0.05) is 12.1 Å². The molecule has 0 aliphatic rings. The Morgan fingerprint density at radius 1 is 1.24 bits per heavy atom. The van der Waals surface area contributed by atoms with Gasteiger partial charge in [0.15, 0.2) is 0 Å². The van der Waals surface area contributed by atoms with E-state index in [4.69, 9.17) is 21.1 Å². The Kier molecular flexibility index (Phi) is 4.54. The summed E-state index contributed by atoms with van der Waals surface area (Å²) in [5.74, 6) is -0.306. The minimum absolute atomic E-state index is 0.306. The second-order valence-corrected chi connectivity index (χ2v) is 4.82. The van der Waals surface area contributed by atoms with Crippen LogP contribution in [0.5, 0.6) is 0 Å². The van der Waals surface area contributed by atoms with E-state index in [0.29, 0.717) is 5.02 Å². The SMILES string of the molecule is COC(=O)C(C)(C)C(OC)c1ccc(Cl)cc1. The number of carbonyl (C=O) groups is 1.